The normalized spacial score (nSPS) is 12.5. The maximum Gasteiger partial charge on any atom is 0.308 e. The molecule has 0 radical (unpaired) electrons. The molecule has 0 bridgehead atoms. The first-order chi connectivity index (χ1) is 10.1. The summed E-state index contributed by atoms with van der Waals surface area (Å²) in [7, 11) is -1.60. The van der Waals surface area contributed by atoms with E-state index in [9.17, 15) is 0 Å². The smallest absolute Gasteiger partial charge is 0.308 e. The van der Waals surface area contributed by atoms with Crippen LogP contribution in [0.15, 0.2) is 0 Å². The van der Waals surface area contributed by atoms with Crippen LogP contribution in [0.4, 0.5) is 0 Å². The lowest BCUT2D eigenvalue weighted by molar-refractivity contribution is -0.00000569. The SMILES string of the molecule is CCN(CC)[P+](N(CC)CC)(N(CC)CC)N(CC)CC.[I-]. The van der Waals surface area contributed by atoms with Crippen LogP contribution in [-0.4, -0.2) is 71.0 Å². The second kappa shape index (κ2) is 13.3. The molecular weight excluding hydrogens is 406 g/mol. The zero-order chi connectivity index (χ0) is 16.5. The van der Waals surface area contributed by atoms with Gasteiger partial charge >= 0.3 is 7.87 Å². The summed E-state index contributed by atoms with van der Waals surface area (Å²) in [5.41, 5.74) is 0. The molecule has 0 aromatic carbocycles. The summed E-state index contributed by atoms with van der Waals surface area (Å²) < 4.78 is 10.9. The Hall–Kier alpha value is 1.00. The average molecular weight is 446 g/mol. The topological polar surface area (TPSA) is 13.0 Å². The molecule has 6 heteroatoms. The summed E-state index contributed by atoms with van der Waals surface area (Å²) in [6, 6.07) is 0. The van der Waals surface area contributed by atoms with Gasteiger partial charge in [0.1, 0.15) is 0 Å². The molecule has 0 fully saturated rings. The highest BCUT2D eigenvalue weighted by molar-refractivity contribution is 7.66. The van der Waals surface area contributed by atoms with Crippen molar-refractivity contribution in [1.29, 1.82) is 0 Å². The minimum atomic E-state index is -1.60. The van der Waals surface area contributed by atoms with Crippen LogP contribution in [0.3, 0.4) is 0 Å². The summed E-state index contributed by atoms with van der Waals surface area (Å²) in [6.07, 6.45) is 0. The number of hydrogen-bond acceptors (Lipinski definition) is 4. The summed E-state index contributed by atoms with van der Waals surface area (Å²) in [4.78, 5) is 0. The molecule has 0 aliphatic rings. The lowest BCUT2D eigenvalue weighted by Gasteiger charge is -2.50. The standard InChI is InChI=1S/C16H40N4P.HI/c1-9-17(10-2)21(18(11-3)12-4,19(13-5)14-6)20(15-7)16-8;/h9-16H2,1-8H3;1H/q+1;/p-1. The Bertz CT molecular complexity index is 199. The van der Waals surface area contributed by atoms with Gasteiger partial charge in [0, 0.05) is 52.4 Å². The molecular formula is C16H40IN4P. The number of halogens is 1. The van der Waals surface area contributed by atoms with E-state index in [-0.39, 0.29) is 24.0 Å². The Kier molecular flexibility index (Phi) is 15.3. The van der Waals surface area contributed by atoms with Crippen LogP contribution in [0.25, 0.3) is 0 Å². The van der Waals surface area contributed by atoms with Gasteiger partial charge < -0.3 is 24.0 Å². The van der Waals surface area contributed by atoms with E-state index in [1.165, 1.54) is 0 Å². The molecule has 0 aromatic rings. The molecule has 0 rings (SSSR count). The van der Waals surface area contributed by atoms with Crippen LogP contribution in [0, 0.1) is 0 Å². The Morgan fingerprint density at radius 2 is 0.545 bits per heavy atom. The van der Waals surface area contributed by atoms with Gasteiger partial charge in [-0.15, -0.1) is 18.7 Å². The van der Waals surface area contributed by atoms with E-state index in [4.69, 9.17) is 0 Å². The molecule has 0 amide bonds. The largest absolute Gasteiger partial charge is 1.00 e. The van der Waals surface area contributed by atoms with Gasteiger partial charge in [-0.05, 0) is 55.4 Å². The Morgan fingerprint density at radius 3 is 0.636 bits per heavy atom. The van der Waals surface area contributed by atoms with E-state index in [1.807, 2.05) is 0 Å². The lowest BCUT2D eigenvalue weighted by Crippen LogP contribution is -3.00. The van der Waals surface area contributed by atoms with Crippen molar-refractivity contribution in [3.8, 4) is 0 Å². The van der Waals surface area contributed by atoms with Crippen molar-refractivity contribution >= 4 is 7.87 Å². The number of nitrogens with zero attached hydrogens (tertiary/aromatic N) is 4. The summed E-state index contributed by atoms with van der Waals surface area (Å²) >= 11 is 0. The van der Waals surface area contributed by atoms with Gasteiger partial charge in [0.2, 0.25) is 0 Å². The van der Waals surface area contributed by atoms with Gasteiger partial charge in [-0.2, -0.15) is 0 Å². The fourth-order valence-electron chi connectivity index (χ4n) is 3.49. The number of rotatable bonds is 12. The molecule has 4 nitrogen and oxygen atoms in total. The molecule has 22 heavy (non-hydrogen) atoms. The van der Waals surface area contributed by atoms with Gasteiger partial charge in [-0.1, -0.05) is 0 Å². The van der Waals surface area contributed by atoms with Crippen molar-refractivity contribution < 1.29 is 24.0 Å². The molecule has 0 atom stereocenters. The molecule has 0 saturated carbocycles. The van der Waals surface area contributed by atoms with Gasteiger partial charge in [-0.25, -0.2) is 0 Å². The van der Waals surface area contributed by atoms with Crippen LogP contribution >= 0.6 is 7.87 Å². The fraction of sp³-hybridized carbons (Fsp3) is 1.00. The molecule has 0 unspecified atom stereocenters. The molecule has 0 aromatic heterocycles. The first-order valence-corrected chi connectivity index (χ1v) is 10.6. The molecule has 0 heterocycles. The van der Waals surface area contributed by atoms with Crippen molar-refractivity contribution in [3.05, 3.63) is 0 Å². The second-order valence-electron chi connectivity index (χ2n) is 5.09. The minimum Gasteiger partial charge on any atom is -1.00 e. The number of hydrogen-bond donors (Lipinski definition) is 0. The third-order valence-corrected chi connectivity index (χ3v) is 9.74. The zero-order valence-electron chi connectivity index (χ0n) is 16.3. The predicted molar refractivity (Wildman–Crippen MR) is 98.6 cm³/mol. The summed E-state index contributed by atoms with van der Waals surface area (Å²) in [6.45, 7) is 27.5. The predicted octanol–water partition coefficient (Wildman–Crippen LogP) is 1.04. The highest BCUT2D eigenvalue weighted by Crippen LogP contribution is 2.69. The average Bonchev–Trinajstić information content (AvgIpc) is 2.51. The van der Waals surface area contributed by atoms with E-state index in [0.717, 1.165) is 52.4 Å². The Balaban J connectivity index is 0. The van der Waals surface area contributed by atoms with Crippen molar-refractivity contribution in [3.63, 3.8) is 0 Å². The molecule has 0 saturated heterocycles. The molecule has 0 aliphatic carbocycles. The maximum absolute atomic E-state index is 2.74. The first kappa shape index (κ1) is 25.2. The highest BCUT2D eigenvalue weighted by atomic mass is 127. The molecule has 0 N–H and O–H groups in total. The molecule has 0 aliphatic heterocycles. The van der Waals surface area contributed by atoms with Crippen molar-refractivity contribution in [2.75, 3.05) is 52.4 Å². The van der Waals surface area contributed by atoms with Crippen LogP contribution in [-0.2, 0) is 0 Å². The summed E-state index contributed by atoms with van der Waals surface area (Å²) in [5.74, 6) is 0. The van der Waals surface area contributed by atoms with E-state index < -0.39 is 7.87 Å². The zero-order valence-corrected chi connectivity index (χ0v) is 19.3. The van der Waals surface area contributed by atoms with Gasteiger partial charge in [0.05, 0.1) is 0 Å². The highest BCUT2D eigenvalue weighted by Gasteiger charge is 2.58. The monoisotopic (exact) mass is 446 g/mol. The quantitative estimate of drug-likeness (QED) is 0.328. The first-order valence-electron chi connectivity index (χ1n) is 8.99. The third kappa shape index (κ3) is 5.00. The molecule has 0 spiro atoms. The Labute approximate surface area is 158 Å². The van der Waals surface area contributed by atoms with Crippen LogP contribution < -0.4 is 24.0 Å². The van der Waals surface area contributed by atoms with Crippen molar-refractivity contribution in [2.24, 2.45) is 0 Å². The van der Waals surface area contributed by atoms with E-state index in [2.05, 4.69) is 74.1 Å². The molecule has 136 valence electrons. The van der Waals surface area contributed by atoms with Crippen LogP contribution in [0.2, 0.25) is 0 Å². The Morgan fingerprint density at radius 1 is 0.409 bits per heavy atom. The van der Waals surface area contributed by atoms with Crippen LogP contribution in [0.5, 0.6) is 0 Å². The van der Waals surface area contributed by atoms with Gasteiger partial charge in [0.15, 0.2) is 0 Å². The van der Waals surface area contributed by atoms with Crippen molar-refractivity contribution in [2.45, 2.75) is 55.4 Å². The van der Waals surface area contributed by atoms with Crippen molar-refractivity contribution in [1.82, 2.24) is 18.7 Å². The second-order valence-corrected chi connectivity index (χ2v) is 8.43. The van der Waals surface area contributed by atoms with E-state index >= 15 is 0 Å². The summed E-state index contributed by atoms with van der Waals surface area (Å²) in [5, 5.41) is 0. The fourth-order valence-corrected chi connectivity index (χ4v) is 8.67. The van der Waals surface area contributed by atoms with E-state index in [0.29, 0.717) is 0 Å². The van der Waals surface area contributed by atoms with E-state index in [1.54, 1.807) is 0 Å². The van der Waals surface area contributed by atoms with Crippen LogP contribution in [0.1, 0.15) is 55.4 Å². The van der Waals surface area contributed by atoms with Gasteiger partial charge in [0.25, 0.3) is 0 Å². The third-order valence-electron chi connectivity index (χ3n) is 4.44. The maximum atomic E-state index is 2.74. The lowest BCUT2D eigenvalue weighted by atomic mass is 10.6. The minimum absolute atomic E-state index is 0. The van der Waals surface area contributed by atoms with Gasteiger partial charge in [-0.3, -0.25) is 0 Å².